The van der Waals surface area contributed by atoms with Crippen molar-refractivity contribution in [1.82, 2.24) is 9.88 Å². The van der Waals surface area contributed by atoms with Gasteiger partial charge in [-0.15, -0.1) is 0 Å². The summed E-state index contributed by atoms with van der Waals surface area (Å²) in [5.74, 6) is -1.56. The summed E-state index contributed by atoms with van der Waals surface area (Å²) in [5, 5.41) is 55.3. The smallest absolute Gasteiger partial charge is 0.254 e. The maximum Gasteiger partial charge on any atom is 0.254 e. The predicted molar refractivity (Wildman–Crippen MR) is 132 cm³/mol. The molecule has 10 heteroatoms. The maximum absolute atomic E-state index is 15.0. The van der Waals surface area contributed by atoms with Crippen molar-refractivity contribution in [2.24, 2.45) is 0 Å². The number of ether oxygens (including phenoxy) is 1. The summed E-state index contributed by atoms with van der Waals surface area (Å²) in [5.41, 5.74) is -0.957. The SMILES string of the molecule is O=C(N[C@@]1(CO)C(O)O[C@H](CO)[C@@H](O)[C@@H]1O)c1cn(Cc2ccc3ccccc3c2)c2cccc(F)c12. The van der Waals surface area contributed by atoms with E-state index >= 15 is 4.39 Å². The third-order valence-corrected chi connectivity index (χ3v) is 7.03. The van der Waals surface area contributed by atoms with Gasteiger partial charge in [-0.05, 0) is 34.5 Å². The lowest BCUT2D eigenvalue weighted by Crippen LogP contribution is -2.74. The molecule has 1 aromatic heterocycles. The first-order valence-corrected chi connectivity index (χ1v) is 11.8. The zero-order valence-electron chi connectivity index (χ0n) is 19.7. The van der Waals surface area contributed by atoms with E-state index in [1.165, 1.54) is 18.3 Å². The van der Waals surface area contributed by atoms with Gasteiger partial charge in [0.25, 0.3) is 5.91 Å². The van der Waals surface area contributed by atoms with Gasteiger partial charge in [0.15, 0.2) is 6.29 Å². The fourth-order valence-electron chi connectivity index (χ4n) is 4.94. The Morgan fingerprint density at radius 3 is 2.51 bits per heavy atom. The number of amides is 1. The van der Waals surface area contributed by atoms with E-state index in [0.29, 0.717) is 12.1 Å². The van der Waals surface area contributed by atoms with Gasteiger partial charge in [0.1, 0.15) is 29.7 Å². The minimum atomic E-state index is -2.22. The predicted octanol–water partition coefficient (Wildman–Crippen LogP) is 0.874. The first kappa shape index (κ1) is 25.3. The minimum absolute atomic E-state index is 0.0170. The van der Waals surface area contributed by atoms with Gasteiger partial charge in [-0.25, -0.2) is 4.39 Å². The third-order valence-electron chi connectivity index (χ3n) is 7.03. The molecule has 1 fully saturated rings. The van der Waals surface area contributed by atoms with Crippen molar-refractivity contribution >= 4 is 27.6 Å². The molecule has 0 spiro atoms. The monoisotopic (exact) mass is 510 g/mol. The number of aromatic nitrogens is 1. The third kappa shape index (κ3) is 4.27. The molecule has 194 valence electrons. The van der Waals surface area contributed by atoms with Gasteiger partial charge in [-0.2, -0.15) is 0 Å². The van der Waals surface area contributed by atoms with Crippen molar-refractivity contribution in [3.05, 3.63) is 83.8 Å². The molecule has 37 heavy (non-hydrogen) atoms. The van der Waals surface area contributed by atoms with E-state index in [2.05, 4.69) is 5.32 Å². The number of carbonyl (C=O) groups excluding carboxylic acids is 1. The lowest BCUT2D eigenvalue weighted by atomic mass is 9.83. The van der Waals surface area contributed by atoms with Gasteiger partial charge < -0.3 is 40.2 Å². The Balaban J connectivity index is 1.52. The quantitative estimate of drug-likeness (QED) is 0.226. The van der Waals surface area contributed by atoms with E-state index in [0.717, 1.165) is 16.3 Å². The van der Waals surface area contributed by atoms with Crippen molar-refractivity contribution in [3.63, 3.8) is 0 Å². The van der Waals surface area contributed by atoms with Crippen LogP contribution < -0.4 is 5.32 Å². The van der Waals surface area contributed by atoms with Crippen molar-refractivity contribution in [3.8, 4) is 0 Å². The van der Waals surface area contributed by atoms with Crippen LogP contribution in [0.15, 0.2) is 66.9 Å². The first-order chi connectivity index (χ1) is 17.8. The van der Waals surface area contributed by atoms with E-state index in [4.69, 9.17) is 4.74 Å². The standard InChI is InChI=1S/C27H27FN2O7/c28-19-6-3-7-20-22(19)18(12-30(20)11-15-8-9-16-4-1-2-5-17(16)10-15)25(35)29-27(14-32)24(34)23(33)21(13-31)37-26(27)36/h1-10,12,21,23-24,26,31-34,36H,11,13-14H2,(H,29,35)/t21-,23-,24+,26?,27-/m1/s1. The number of halogens is 1. The zero-order chi connectivity index (χ0) is 26.3. The van der Waals surface area contributed by atoms with Crippen LogP contribution >= 0.6 is 0 Å². The highest BCUT2D eigenvalue weighted by molar-refractivity contribution is 6.07. The molecule has 5 atom stereocenters. The fraction of sp³-hybridized carbons (Fsp3) is 0.296. The normalized spacial score (nSPS) is 26.0. The summed E-state index contributed by atoms with van der Waals surface area (Å²) in [6.07, 6.45) is -5.45. The molecule has 1 amide bonds. The molecule has 0 saturated carbocycles. The summed E-state index contributed by atoms with van der Waals surface area (Å²) in [6, 6.07) is 18.2. The minimum Gasteiger partial charge on any atom is -0.394 e. The van der Waals surface area contributed by atoms with Gasteiger partial charge in [-0.3, -0.25) is 4.79 Å². The number of rotatable bonds is 6. The van der Waals surface area contributed by atoms with Gasteiger partial charge in [0, 0.05) is 18.1 Å². The average molecular weight is 511 g/mol. The number of carbonyl (C=O) groups is 1. The molecule has 3 aromatic carbocycles. The number of hydrogen-bond donors (Lipinski definition) is 6. The molecule has 1 aliphatic heterocycles. The first-order valence-electron chi connectivity index (χ1n) is 11.8. The summed E-state index contributed by atoms with van der Waals surface area (Å²) >= 11 is 0. The molecule has 0 aliphatic carbocycles. The van der Waals surface area contributed by atoms with Crippen LogP contribution in [0.25, 0.3) is 21.7 Å². The molecule has 4 aromatic rings. The molecule has 6 N–H and O–H groups in total. The highest BCUT2D eigenvalue weighted by Crippen LogP contribution is 2.31. The summed E-state index contributed by atoms with van der Waals surface area (Å²) in [4.78, 5) is 13.4. The average Bonchev–Trinajstić information content (AvgIpc) is 3.28. The number of fused-ring (bicyclic) bond motifs is 2. The molecule has 1 unspecified atom stereocenters. The van der Waals surface area contributed by atoms with Crippen LogP contribution in [0.1, 0.15) is 15.9 Å². The molecule has 0 bridgehead atoms. The number of benzene rings is 3. The molecular formula is C27H27FN2O7. The molecule has 0 radical (unpaired) electrons. The van der Waals surface area contributed by atoms with E-state index in [1.807, 2.05) is 42.5 Å². The van der Waals surface area contributed by atoms with Crippen LogP contribution in [0.2, 0.25) is 0 Å². The molecular weight excluding hydrogens is 483 g/mol. The molecule has 5 rings (SSSR count). The van der Waals surface area contributed by atoms with Crippen molar-refractivity contribution in [1.29, 1.82) is 0 Å². The topological polar surface area (TPSA) is 144 Å². The van der Waals surface area contributed by atoms with Gasteiger partial charge >= 0.3 is 0 Å². The van der Waals surface area contributed by atoms with E-state index in [-0.39, 0.29) is 10.9 Å². The zero-order valence-corrected chi connectivity index (χ0v) is 19.7. The van der Waals surface area contributed by atoms with Gasteiger partial charge in [-0.1, -0.05) is 42.5 Å². The highest BCUT2D eigenvalue weighted by atomic mass is 19.1. The number of nitrogens with one attached hydrogen (secondary N) is 1. The second-order valence-electron chi connectivity index (χ2n) is 9.28. The Bertz CT molecular complexity index is 1460. The fourth-order valence-corrected chi connectivity index (χ4v) is 4.94. The number of nitrogens with zero attached hydrogens (tertiary/aromatic N) is 1. The Morgan fingerprint density at radius 2 is 1.78 bits per heavy atom. The number of hydrogen-bond acceptors (Lipinski definition) is 7. The summed E-state index contributed by atoms with van der Waals surface area (Å²) < 4.78 is 21.8. The van der Waals surface area contributed by atoms with E-state index in [1.54, 1.807) is 10.6 Å². The Kier molecular flexibility index (Phi) is 6.71. The second kappa shape index (κ2) is 9.82. The van der Waals surface area contributed by atoms with Crippen LogP contribution in [0.3, 0.4) is 0 Å². The summed E-state index contributed by atoms with van der Waals surface area (Å²) in [7, 11) is 0. The Morgan fingerprint density at radius 1 is 1.03 bits per heavy atom. The lowest BCUT2D eigenvalue weighted by Gasteiger charge is -2.48. The van der Waals surface area contributed by atoms with Crippen molar-refractivity contribution in [2.75, 3.05) is 13.2 Å². The van der Waals surface area contributed by atoms with Crippen LogP contribution in [-0.4, -0.2) is 79.4 Å². The van der Waals surface area contributed by atoms with Gasteiger partial charge in [0.05, 0.1) is 24.3 Å². The lowest BCUT2D eigenvalue weighted by molar-refractivity contribution is -0.288. The maximum atomic E-state index is 15.0. The van der Waals surface area contributed by atoms with E-state index in [9.17, 15) is 30.3 Å². The Hall–Kier alpha value is -3.38. The number of aliphatic hydroxyl groups excluding tert-OH is 5. The highest BCUT2D eigenvalue weighted by Gasteiger charge is 2.56. The largest absolute Gasteiger partial charge is 0.394 e. The molecule has 1 aliphatic rings. The van der Waals surface area contributed by atoms with E-state index < -0.39 is 55.1 Å². The van der Waals surface area contributed by atoms with Crippen LogP contribution in [0.4, 0.5) is 4.39 Å². The number of aliphatic hydroxyl groups is 5. The van der Waals surface area contributed by atoms with Gasteiger partial charge in [0.2, 0.25) is 0 Å². The molecule has 1 saturated heterocycles. The van der Waals surface area contributed by atoms with Crippen molar-refractivity contribution in [2.45, 2.75) is 36.7 Å². The summed E-state index contributed by atoms with van der Waals surface area (Å²) in [6.45, 7) is -1.39. The second-order valence-corrected chi connectivity index (χ2v) is 9.28. The molecule has 9 nitrogen and oxygen atoms in total. The van der Waals surface area contributed by atoms with Crippen molar-refractivity contribution < 1.29 is 39.5 Å². The van der Waals surface area contributed by atoms with Crippen LogP contribution in [0, 0.1) is 5.82 Å². The molecule has 2 heterocycles. The Labute approximate surface area is 211 Å². The van der Waals surface area contributed by atoms with Crippen LogP contribution in [0.5, 0.6) is 0 Å². The van der Waals surface area contributed by atoms with Crippen LogP contribution in [-0.2, 0) is 11.3 Å².